The zero-order chi connectivity index (χ0) is 18.7. The smallest absolute Gasteiger partial charge is 0.254 e. The number of morpholine rings is 1. The van der Waals surface area contributed by atoms with E-state index in [2.05, 4.69) is 10.3 Å². The van der Waals surface area contributed by atoms with E-state index in [0.29, 0.717) is 43.5 Å². The van der Waals surface area contributed by atoms with Crippen molar-refractivity contribution in [2.75, 3.05) is 26.3 Å². The number of hydrogen-bond donors (Lipinski definition) is 1. The molecular weight excluding hydrogens is 332 g/mol. The highest BCUT2D eigenvalue weighted by atomic mass is 16.5. The maximum absolute atomic E-state index is 12.8. The first-order valence-electron chi connectivity index (χ1n) is 8.53. The van der Waals surface area contributed by atoms with Crippen molar-refractivity contribution in [3.8, 4) is 11.9 Å². The summed E-state index contributed by atoms with van der Waals surface area (Å²) >= 11 is 0. The molecular formula is C19H22N4O3. The largest absolute Gasteiger partial charge is 0.483 e. The lowest BCUT2D eigenvalue weighted by atomic mass is 9.97. The number of nitriles is 1. The molecule has 1 saturated heterocycles. The summed E-state index contributed by atoms with van der Waals surface area (Å²) in [5.74, 6) is 1.14. The SMILES string of the molecule is CC(=NC#N)NC1=CC(C)(C)Oc2ccc(C(=O)N3CCOCC3)cc21. The van der Waals surface area contributed by atoms with Crippen LogP contribution in [0.5, 0.6) is 5.75 Å². The molecule has 7 nitrogen and oxygen atoms in total. The standard InChI is InChI=1S/C19H22N4O3/c1-13(21-12-20)22-16-11-19(2,3)26-17-5-4-14(10-15(16)17)18(24)23-6-8-25-9-7-23/h4-5,10-11H,6-9H2,1-3H3,(H,21,22). The highest BCUT2D eigenvalue weighted by Gasteiger charge is 2.28. The highest BCUT2D eigenvalue weighted by molar-refractivity contribution is 5.97. The van der Waals surface area contributed by atoms with Crippen molar-refractivity contribution in [2.45, 2.75) is 26.4 Å². The van der Waals surface area contributed by atoms with Crippen LogP contribution >= 0.6 is 0 Å². The Balaban J connectivity index is 1.94. The summed E-state index contributed by atoms with van der Waals surface area (Å²) in [5, 5.41) is 11.9. The molecule has 1 N–H and O–H groups in total. The van der Waals surface area contributed by atoms with Gasteiger partial charge in [-0.2, -0.15) is 10.3 Å². The van der Waals surface area contributed by atoms with Gasteiger partial charge in [-0.1, -0.05) is 0 Å². The number of amides is 1. The molecule has 7 heteroatoms. The number of rotatable bonds is 2. The van der Waals surface area contributed by atoms with E-state index in [1.807, 2.05) is 32.1 Å². The third-order valence-electron chi connectivity index (χ3n) is 4.21. The molecule has 0 unspecified atom stereocenters. The molecule has 3 rings (SSSR count). The maximum Gasteiger partial charge on any atom is 0.254 e. The molecule has 0 aliphatic carbocycles. The summed E-state index contributed by atoms with van der Waals surface area (Å²) in [6.07, 6.45) is 3.69. The van der Waals surface area contributed by atoms with Crippen LogP contribution in [0.3, 0.4) is 0 Å². The summed E-state index contributed by atoms with van der Waals surface area (Å²) in [4.78, 5) is 18.3. The summed E-state index contributed by atoms with van der Waals surface area (Å²) in [6.45, 7) is 7.91. The Morgan fingerprint density at radius 1 is 1.35 bits per heavy atom. The normalized spacial score (nSPS) is 18.9. The number of ether oxygens (including phenoxy) is 2. The minimum absolute atomic E-state index is 0.0253. The van der Waals surface area contributed by atoms with Crippen LogP contribution in [0.1, 0.15) is 36.7 Å². The molecule has 1 amide bonds. The Labute approximate surface area is 152 Å². The van der Waals surface area contributed by atoms with Crippen LogP contribution in [0.2, 0.25) is 0 Å². The van der Waals surface area contributed by atoms with Crippen molar-refractivity contribution in [3.05, 3.63) is 35.4 Å². The lowest BCUT2D eigenvalue weighted by molar-refractivity contribution is 0.0303. The van der Waals surface area contributed by atoms with Gasteiger partial charge in [0.1, 0.15) is 17.2 Å². The van der Waals surface area contributed by atoms with Crippen LogP contribution < -0.4 is 10.1 Å². The molecule has 0 spiro atoms. The van der Waals surface area contributed by atoms with Gasteiger partial charge in [0, 0.05) is 24.2 Å². The van der Waals surface area contributed by atoms with E-state index >= 15 is 0 Å². The van der Waals surface area contributed by atoms with Gasteiger partial charge < -0.3 is 19.7 Å². The van der Waals surface area contributed by atoms with Crippen LogP contribution in [0.25, 0.3) is 5.70 Å². The molecule has 2 aliphatic rings. The van der Waals surface area contributed by atoms with E-state index in [9.17, 15) is 4.79 Å². The Morgan fingerprint density at radius 3 is 2.77 bits per heavy atom. The fourth-order valence-electron chi connectivity index (χ4n) is 3.05. The third-order valence-corrected chi connectivity index (χ3v) is 4.21. The molecule has 0 aromatic heterocycles. The Morgan fingerprint density at radius 2 is 2.08 bits per heavy atom. The zero-order valence-electron chi connectivity index (χ0n) is 15.2. The monoisotopic (exact) mass is 354 g/mol. The number of aliphatic imine (C=N–C) groups is 1. The number of fused-ring (bicyclic) bond motifs is 1. The molecule has 0 saturated carbocycles. The molecule has 1 aromatic rings. The molecule has 0 radical (unpaired) electrons. The first-order chi connectivity index (χ1) is 12.4. The fourth-order valence-corrected chi connectivity index (χ4v) is 3.05. The van der Waals surface area contributed by atoms with E-state index in [0.717, 1.165) is 11.3 Å². The molecule has 0 atom stereocenters. The van der Waals surface area contributed by atoms with Gasteiger partial charge in [-0.15, -0.1) is 0 Å². The van der Waals surface area contributed by atoms with Crippen molar-refractivity contribution < 1.29 is 14.3 Å². The minimum atomic E-state index is -0.516. The van der Waals surface area contributed by atoms with Gasteiger partial charge in [-0.25, -0.2) is 0 Å². The third kappa shape index (κ3) is 3.86. The van der Waals surface area contributed by atoms with Crippen LogP contribution in [-0.2, 0) is 4.74 Å². The number of benzene rings is 1. The Bertz CT molecular complexity index is 815. The minimum Gasteiger partial charge on any atom is -0.483 e. The van der Waals surface area contributed by atoms with Gasteiger partial charge in [0.2, 0.25) is 6.19 Å². The Hall–Kier alpha value is -2.85. The second-order valence-electron chi connectivity index (χ2n) is 6.80. The van der Waals surface area contributed by atoms with Crippen LogP contribution in [0, 0.1) is 11.5 Å². The predicted octanol–water partition coefficient (Wildman–Crippen LogP) is 2.16. The van der Waals surface area contributed by atoms with E-state index in [1.165, 1.54) is 0 Å². The number of carbonyl (C=O) groups excluding carboxylic acids is 1. The summed E-state index contributed by atoms with van der Waals surface area (Å²) < 4.78 is 11.3. The second-order valence-corrected chi connectivity index (χ2v) is 6.80. The number of carbonyl (C=O) groups is 1. The topological polar surface area (TPSA) is 86.9 Å². The predicted molar refractivity (Wildman–Crippen MR) is 97.7 cm³/mol. The van der Waals surface area contributed by atoms with Crippen molar-refractivity contribution in [1.29, 1.82) is 5.26 Å². The molecule has 26 heavy (non-hydrogen) atoms. The molecule has 1 fully saturated rings. The molecule has 2 heterocycles. The number of nitrogens with zero attached hydrogens (tertiary/aromatic N) is 3. The lowest BCUT2D eigenvalue weighted by Crippen LogP contribution is -2.40. The average Bonchev–Trinajstić information content (AvgIpc) is 2.61. The second kappa shape index (κ2) is 7.18. The van der Waals surface area contributed by atoms with E-state index < -0.39 is 5.60 Å². The quantitative estimate of drug-likeness (QED) is 0.500. The van der Waals surface area contributed by atoms with Crippen molar-refractivity contribution in [3.63, 3.8) is 0 Å². The highest BCUT2D eigenvalue weighted by Crippen LogP contribution is 2.35. The van der Waals surface area contributed by atoms with E-state index in [1.54, 1.807) is 24.1 Å². The fraction of sp³-hybridized carbons (Fsp3) is 0.421. The maximum atomic E-state index is 12.8. The van der Waals surface area contributed by atoms with E-state index in [-0.39, 0.29) is 5.91 Å². The molecule has 1 aromatic carbocycles. The Kier molecular flexibility index (Phi) is 4.96. The van der Waals surface area contributed by atoms with E-state index in [4.69, 9.17) is 14.7 Å². The summed E-state index contributed by atoms with van der Waals surface area (Å²) in [6, 6.07) is 5.42. The van der Waals surface area contributed by atoms with Gasteiger partial charge in [0.15, 0.2) is 0 Å². The number of nitrogens with one attached hydrogen (secondary N) is 1. The zero-order valence-corrected chi connectivity index (χ0v) is 15.2. The van der Waals surface area contributed by atoms with Crippen LogP contribution in [0.4, 0.5) is 0 Å². The van der Waals surface area contributed by atoms with Crippen molar-refractivity contribution in [2.24, 2.45) is 4.99 Å². The van der Waals surface area contributed by atoms with Gasteiger partial charge in [-0.05, 0) is 45.0 Å². The number of hydrogen-bond acceptors (Lipinski definition) is 5. The van der Waals surface area contributed by atoms with Crippen molar-refractivity contribution in [1.82, 2.24) is 10.2 Å². The van der Waals surface area contributed by atoms with Crippen molar-refractivity contribution >= 4 is 17.4 Å². The summed E-state index contributed by atoms with van der Waals surface area (Å²) in [7, 11) is 0. The molecule has 0 bridgehead atoms. The van der Waals surface area contributed by atoms with Gasteiger partial charge in [-0.3, -0.25) is 4.79 Å². The van der Waals surface area contributed by atoms with Gasteiger partial charge in [0.05, 0.1) is 18.9 Å². The summed E-state index contributed by atoms with van der Waals surface area (Å²) in [5.41, 5.74) is 1.62. The van der Waals surface area contributed by atoms with Gasteiger partial charge in [0.25, 0.3) is 5.91 Å². The van der Waals surface area contributed by atoms with Crippen LogP contribution in [-0.4, -0.2) is 48.5 Å². The lowest BCUT2D eigenvalue weighted by Gasteiger charge is -2.32. The average molecular weight is 354 g/mol. The van der Waals surface area contributed by atoms with Crippen LogP contribution in [0.15, 0.2) is 29.3 Å². The molecule has 2 aliphatic heterocycles. The van der Waals surface area contributed by atoms with Gasteiger partial charge >= 0.3 is 0 Å². The molecule has 136 valence electrons. The first kappa shape index (κ1) is 18.0. The number of amidine groups is 1. The first-order valence-corrected chi connectivity index (χ1v) is 8.53.